The SMILES string of the molecule is O=C1NC(c2cccc3ccccc23)C(C(=O)c2ccccc2)C(O)(C(F)(F)F)N1. The maximum atomic E-state index is 14.0. The van der Waals surface area contributed by atoms with Gasteiger partial charge in [0, 0.05) is 5.56 Å². The lowest BCUT2D eigenvalue weighted by Gasteiger charge is -2.45. The molecule has 8 heteroatoms. The molecule has 5 nitrogen and oxygen atoms in total. The number of amides is 2. The summed E-state index contributed by atoms with van der Waals surface area (Å²) in [5, 5.41) is 15.9. The van der Waals surface area contributed by atoms with Crippen molar-refractivity contribution in [3.8, 4) is 0 Å². The number of aliphatic hydroxyl groups is 1. The van der Waals surface area contributed by atoms with Crippen molar-refractivity contribution < 1.29 is 27.9 Å². The van der Waals surface area contributed by atoms with Crippen molar-refractivity contribution in [2.24, 2.45) is 5.92 Å². The maximum Gasteiger partial charge on any atom is 0.437 e. The smallest absolute Gasteiger partial charge is 0.363 e. The standard InChI is InChI=1S/C22H17F3N2O3/c23-22(24,25)21(30)17(19(28)14-8-2-1-3-9-14)18(26-20(29)27-21)16-12-6-10-13-7-4-5-11-15(13)16/h1-12,17-18,30H,(H2,26,27,29). The van der Waals surface area contributed by atoms with Crippen molar-refractivity contribution in [1.29, 1.82) is 0 Å². The lowest BCUT2D eigenvalue weighted by molar-refractivity contribution is -0.287. The van der Waals surface area contributed by atoms with Crippen LogP contribution >= 0.6 is 0 Å². The third-order valence-electron chi connectivity index (χ3n) is 5.31. The first-order valence-electron chi connectivity index (χ1n) is 9.17. The van der Waals surface area contributed by atoms with E-state index in [9.17, 15) is 27.9 Å². The minimum Gasteiger partial charge on any atom is -0.363 e. The number of carbonyl (C=O) groups is 2. The average molecular weight is 414 g/mol. The van der Waals surface area contributed by atoms with Crippen molar-refractivity contribution in [3.05, 3.63) is 83.9 Å². The summed E-state index contributed by atoms with van der Waals surface area (Å²) in [5.74, 6) is -3.00. The molecular weight excluding hydrogens is 397 g/mol. The van der Waals surface area contributed by atoms with E-state index >= 15 is 0 Å². The van der Waals surface area contributed by atoms with Crippen LogP contribution in [0.15, 0.2) is 72.8 Å². The highest BCUT2D eigenvalue weighted by atomic mass is 19.4. The van der Waals surface area contributed by atoms with Gasteiger partial charge in [0.05, 0.1) is 6.04 Å². The number of hydrogen-bond acceptors (Lipinski definition) is 3. The van der Waals surface area contributed by atoms with E-state index in [2.05, 4.69) is 5.32 Å². The second kappa shape index (κ2) is 7.14. The Morgan fingerprint density at radius 2 is 1.57 bits per heavy atom. The van der Waals surface area contributed by atoms with Crippen LogP contribution in [0.4, 0.5) is 18.0 Å². The van der Waals surface area contributed by atoms with Crippen LogP contribution in [0, 0.1) is 5.92 Å². The molecule has 30 heavy (non-hydrogen) atoms. The van der Waals surface area contributed by atoms with Gasteiger partial charge in [-0.3, -0.25) is 4.79 Å². The van der Waals surface area contributed by atoms with Crippen molar-refractivity contribution in [1.82, 2.24) is 10.6 Å². The Labute approximate surface area is 169 Å². The van der Waals surface area contributed by atoms with Gasteiger partial charge in [0.25, 0.3) is 0 Å². The number of fused-ring (bicyclic) bond motifs is 1. The number of halogens is 3. The van der Waals surface area contributed by atoms with Crippen LogP contribution in [0.5, 0.6) is 0 Å². The van der Waals surface area contributed by atoms with E-state index in [1.807, 2.05) is 0 Å². The van der Waals surface area contributed by atoms with Gasteiger partial charge in [-0.1, -0.05) is 72.8 Å². The molecule has 3 atom stereocenters. The topological polar surface area (TPSA) is 78.4 Å². The first-order chi connectivity index (χ1) is 14.2. The number of Topliss-reactive ketones (excluding diaryl/α,β-unsaturated/α-hetero) is 1. The molecule has 0 saturated carbocycles. The van der Waals surface area contributed by atoms with Crippen molar-refractivity contribution in [2.75, 3.05) is 0 Å². The first-order valence-corrected chi connectivity index (χ1v) is 9.17. The second-order valence-electron chi connectivity index (χ2n) is 7.12. The van der Waals surface area contributed by atoms with Gasteiger partial charge in [0.2, 0.25) is 5.72 Å². The molecule has 154 valence electrons. The fraction of sp³-hybridized carbons (Fsp3) is 0.182. The third kappa shape index (κ3) is 3.19. The fourth-order valence-electron chi connectivity index (χ4n) is 3.90. The number of ketones is 1. The number of rotatable bonds is 3. The normalized spacial score (nSPS) is 24.2. The Hall–Kier alpha value is -3.39. The minimum atomic E-state index is -5.29. The molecule has 3 aromatic rings. The van der Waals surface area contributed by atoms with Gasteiger partial charge in [-0.15, -0.1) is 0 Å². The highest BCUT2D eigenvalue weighted by molar-refractivity contribution is 6.01. The van der Waals surface area contributed by atoms with Gasteiger partial charge >= 0.3 is 12.2 Å². The number of hydrogen-bond donors (Lipinski definition) is 3. The van der Waals surface area contributed by atoms with E-state index in [4.69, 9.17) is 0 Å². The molecule has 0 radical (unpaired) electrons. The molecule has 0 aliphatic carbocycles. The van der Waals surface area contributed by atoms with Crippen LogP contribution in [0.25, 0.3) is 10.8 Å². The Balaban J connectivity index is 1.94. The first kappa shape index (κ1) is 19.9. The Morgan fingerprint density at radius 3 is 2.27 bits per heavy atom. The monoisotopic (exact) mass is 414 g/mol. The Morgan fingerprint density at radius 1 is 0.933 bits per heavy atom. The molecule has 1 heterocycles. The highest BCUT2D eigenvalue weighted by Crippen LogP contribution is 2.45. The van der Waals surface area contributed by atoms with Crippen LogP contribution in [0.1, 0.15) is 22.0 Å². The van der Waals surface area contributed by atoms with E-state index in [0.717, 1.165) is 5.39 Å². The molecule has 1 saturated heterocycles. The predicted molar refractivity (Wildman–Crippen MR) is 104 cm³/mol. The molecule has 3 aromatic carbocycles. The largest absolute Gasteiger partial charge is 0.437 e. The number of urea groups is 1. The summed E-state index contributed by atoms with van der Waals surface area (Å²) >= 11 is 0. The summed E-state index contributed by atoms with van der Waals surface area (Å²) in [7, 11) is 0. The molecule has 1 aliphatic heterocycles. The zero-order valence-corrected chi connectivity index (χ0v) is 15.5. The van der Waals surface area contributed by atoms with Gasteiger partial charge in [-0.05, 0) is 16.3 Å². The minimum absolute atomic E-state index is 0.00615. The molecule has 1 aliphatic rings. The third-order valence-corrected chi connectivity index (χ3v) is 5.31. The quantitative estimate of drug-likeness (QED) is 0.568. The highest BCUT2D eigenvalue weighted by Gasteiger charge is 2.66. The van der Waals surface area contributed by atoms with Crippen molar-refractivity contribution in [2.45, 2.75) is 17.9 Å². The lowest BCUT2D eigenvalue weighted by Crippen LogP contribution is -2.72. The van der Waals surface area contributed by atoms with Crippen molar-refractivity contribution >= 4 is 22.6 Å². The second-order valence-corrected chi connectivity index (χ2v) is 7.12. The summed E-state index contributed by atoms with van der Waals surface area (Å²) in [4.78, 5) is 25.4. The molecule has 0 aromatic heterocycles. The molecule has 4 rings (SSSR count). The summed E-state index contributed by atoms with van der Waals surface area (Å²) in [6, 6.07) is 16.6. The van der Waals surface area contributed by atoms with E-state index in [-0.39, 0.29) is 5.56 Å². The van der Waals surface area contributed by atoms with Crippen LogP contribution in [0.2, 0.25) is 0 Å². The summed E-state index contributed by atoms with van der Waals surface area (Å²) in [5.41, 5.74) is -3.45. The number of carbonyl (C=O) groups excluding carboxylic acids is 2. The zero-order chi connectivity index (χ0) is 21.5. The number of nitrogens with one attached hydrogen (secondary N) is 2. The molecule has 0 spiro atoms. The molecule has 3 unspecified atom stereocenters. The van der Waals surface area contributed by atoms with E-state index < -0.39 is 35.7 Å². The summed E-state index contributed by atoms with van der Waals surface area (Å²) in [6.07, 6.45) is -5.29. The van der Waals surface area contributed by atoms with E-state index in [1.165, 1.54) is 24.3 Å². The van der Waals surface area contributed by atoms with Gasteiger partial charge < -0.3 is 15.7 Å². The Kier molecular flexibility index (Phi) is 4.74. The average Bonchev–Trinajstić information content (AvgIpc) is 2.72. The Bertz CT molecular complexity index is 1110. The molecule has 1 fully saturated rings. The van der Waals surface area contributed by atoms with E-state index in [0.29, 0.717) is 10.9 Å². The summed E-state index contributed by atoms with van der Waals surface area (Å²) in [6.45, 7) is 0. The van der Waals surface area contributed by atoms with E-state index in [1.54, 1.807) is 53.8 Å². The van der Waals surface area contributed by atoms with Crippen LogP contribution in [0.3, 0.4) is 0 Å². The van der Waals surface area contributed by atoms with Crippen molar-refractivity contribution in [3.63, 3.8) is 0 Å². The molecule has 3 N–H and O–H groups in total. The van der Waals surface area contributed by atoms with Gasteiger partial charge in [0.1, 0.15) is 5.92 Å². The zero-order valence-electron chi connectivity index (χ0n) is 15.5. The van der Waals surface area contributed by atoms with Gasteiger partial charge in [-0.25, -0.2) is 4.79 Å². The number of benzene rings is 3. The van der Waals surface area contributed by atoms with Gasteiger partial charge in [-0.2, -0.15) is 13.2 Å². The van der Waals surface area contributed by atoms with Crippen LogP contribution in [-0.2, 0) is 0 Å². The molecule has 0 bridgehead atoms. The summed E-state index contributed by atoms with van der Waals surface area (Å²) < 4.78 is 41.9. The molecule has 2 amide bonds. The van der Waals surface area contributed by atoms with Crippen LogP contribution < -0.4 is 10.6 Å². The fourth-order valence-corrected chi connectivity index (χ4v) is 3.90. The predicted octanol–water partition coefficient (Wildman–Crippen LogP) is 3.94. The number of alkyl halides is 3. The van der Waals surface area contributed by atoms with Gasteiger partial charge in [0.15, 0.2) is 5.78 Å². The lowest BCUT2D eigenvalue weighted by atomic mass is 9.76. The van der Waals surface area contributed by atoms with Crippen LogP contribution in [-0.4, -0.2) is 28.8 Å². The molecular formula is C22H17F3N2O3. The maximum absolute atomic E-state index is 14.0.